The maximum atomic E-state index is 5.94. The molecule has 1 nitrogen and oxygen atoms in total. The molecule has 0 radical (unpaired) electrons. The molecule has 0 aliphatic carbocycles. The minimum Gasteiger partial charge on any atom is -0.302 e. The number of rotatable bonds is 9. The molecule has 22 heavy (non-hydrogen) atoms. The van der Waals surface area contributed by atoms with E-state index in [0.717, 1.165) is 43.9 Å². The van der Waals surface area contributed by atoms with Gasteiger partial charge in [0.15, 0.2) is 0 Å². The van der Waals surface area contributed by atoms with Gasteiger partial charge in [-0.25, -0.2) is 0 Å². The Labute approximate surface area is 143 Å². The molecule has 0 saturated carbocycles. The highest BCUT2D eigenvalue weighted by Crippen LogP contribution is 2.37. The topological polar surface area (TPSA) is 3.24 Å². The van der Waals surface area contributed by atoms with Crippen LogP contribution in [0.4, 0.5) is 0 Å². The Bertz CT molecular complexity index is 406. The number of nitrogens with zero attached hydrogens (tertiary/aromatic N) is 1. The van der Waals surface area contributed by atoms with E-state index in [1.807, 2.05) is 0 Å². The van der Waals surface area contributed by atoms with Gasteiger partial charge in [-0.2, -0.15) is 0 Å². The zero-order chi connectivity index (χ0) is 16.2. The van der Waals surface area contributed by atoms with Gasteiger partial charge in [0, 0.05) is 25.0 Å². The van der Waals surface area contributed by atoms with E-state index in [0.29, 0.717) is 5.92 Å². The first-order chi connectivity index (χ1) is 10.5. The van der Waals surface area contributed by atoms with Crippen molar-refractivity contribution in [1.29, 1.82) is 0 Å². The fraction of sp³-hybridized carbons (Fsp3) is 0.850. The first-order valence-electron chi connectivity index (χ1n) is 9.18. The average Bonchev–Trinajstić information content (AvgIpc) is 2.43. The molecule has 2 unspecified atom stereocenters. The van der Waals surface area contributed by atoms with Gasteiger partial charge >= 0.3 is 0 Å². The van der Waals surface area contributed by atoms with Crippen molar-refractivity contribution in [3.8, 4) is 12.3 Å². The van der Waals surface area contributed by atoms with E-state index in [1.165, 1.54) is 37.3 Å². The Hall–Kier alpha value is -0.390. The lowest BCUT2D eigenvalue weighted by Crippen LogP contribution is -2.54. The van der Waals surface area contributed by atoms with Gasteiger partial charge in [0.1, 0.15) is 0 Å². The fourth-order valence-electron chi connectivity index (χ4n) is 4.63. The number of hydrogen-bond acceptors (Lipinski definition) is 2. The molecule has 3 aliphatic rings. The monoisotopic (exact) mass is 319 g/mol. The van der Waals surface area contributed by atoms with E-state index in [4.69, 9.17) is 18.6 Å². The standard InChI is InChI=1S/C20H33NS/c1-5-8-20(6-2,12-16(3)4)9-7-19(22)11-17-10-18-14-21(13-17)15-18/h2,16-18H,5,7-15H2,1,3-4H3. The third kappa shape index (κ3) is 4.80. The SMILES string of the molecule is C#CC(CCC)(CCC(=S)CC1CC2CN(C1)C2)CC(C)C. The molecule has 3 saturated heterocycles. The minimum absolute atomic E-state index is 0.0746. The van der Waals surface area contributed by atoms with Crippen molar-refractivity contribution < 1.29 is 0 Å². The third-order valence-electron chi connectivity index (χ3n) is 5.45. The second kappa shape index (κ2) is 7.93. The van der Waals surface area contributed by atoms with Crippen LogP contribution in [-0.4, -0.2) is 29.4 Å². The molecule has 0 aromatic carbocycles. The number of hydrogen-bond donors (Lipinski definition) is 0. The zero-order valence-corrected chi connectivity index (χ0v) is 15.6. The molecule has 0 spiro atoms. The van der Waals surface area contributed by atoms with Crippen LogP contribution in [0.1, 0.15) is 65.7 Å². The Morgan fingerprint density at radius 1 is 1.32 bits per heavy atom. The normalized spacial score (nSPS) is 29.5. The molecule has 3 fully saturated rings. The van der Waals surface area contributed by atoms with Crippen molar-refractivity contribution in [3.63, 3.8) is 0 Å². The van der Waals surface area contributed by atoms with Gasteiger partial charge in [-0.3, -0.25) is 0 Å². The molecule has 0 aromatic heterocycles. The molecule has 3 rings (SSSR count). The summed E-state index contributed by atoms with van der Waals surface area (Å²) < 4.78 is 0. The largest absolute Gasteiger partial charge is 0.302 e. The quantitative estimate of drug-likeness (QED) is 0.437. The average molecular weight is 320 g/mol. The van der Waals surface area contributed by atoms with Crippen molar-refractivity contribution in [2.75, 3.05) is 19.6 Å². The molecule has 0 N–H and O–H groups in total. The maximum absolute atomic E-state index is 5.94. The molecule has 124 valence electrons. The van der Waals surface area contributed by atoms with Crippen LogP contribution in [0.3, 0.4) is 0 Å². The first-order valence-corrected chi connectivity index (χ1v) is 9.59. The van der Waals surface area contributed by atoms with Gasteiger partial charge in [0.05, 0.1) is 0 Å². The third-order valence-corrected chi connectivity index (χ3v) is 5.82. The molecule has 2 heteroatoms. The van der Waals surface area contributed by atoms with E-state index in [1.54, 1.807) is 0 Å². The lowest BCUT2D eigenvalue weighted by atomic mass is 9.73. The van der Waals surface area contributed by atoms with Gasteiger partial charge in [-0.1, -0.05) is 45.3 Å². The van der Waals surface area contributed by atoms with E-state index >= 15 is 0 Å². The first kappa shape index (κ1) is 18.0. The van der Waals surface area contributed by atoms with E-state index < -0.39 is 0 Å². The highest BCUT2D eigenvalue weighted by atomic mass is 32.1. The van der Waals surface area contributed by atoms with Gasteiger partial charge in [0.25, 0.3) is 0 Å². The number of piperidine rings is 2. The van der Waals surface area contributed by atoms with Crippen LogP contribution in [0.2, 0.25) is 0 Å². The predicted molar refractivity (Wildman–Crippen MR) is 100 cm³/mol. The van der Waals surface area contributed by atoms with E-state index in [-0.39, 0.29) is 5.41 Å². The summed E-state index contributed by atoms with van der Waals surface area (Å²) in [5, 5.41) is 0. The van der Waals surface area contributed by atoms with Crippen LogP contribution in [-0.2, 0) is 0 Å². The zero-order valence-electron chi connectivity index (χ0n) is 14.7. The van der Waals surface area contributed by atoms with Gasteiger partial charge < -0.3 is 4.90 Å². The van der Waals surface area contributed by atoms with Crippen LogP contribution >= 0.6 is 12.2 Å². The number of thiocarbonyl (C=S) groups is 1. The second-order valence-corrected chi connectivity index (χ2v) is 8.78. The van der Waals surface area contributed by atoms with Gasteiger partial charge in [-0.05, 0) is 61.1 Å². The Morgan fingerprint density at radius 3 is 2.55 bits per heavy atom. The summed E-state index contributed by atoms with van der Waals surface area (Å²) in [4.78, 5) is 3.86. The van der Waals surface area contributed by atoms with Crippen LogP contribution in [0, 0.1) is 35.5 Å². The fourth-order valence-corrected chi connectivity index (χ4v) is 4.97. The summed E-state index contributed by atoms with van der Waals surface area (Å²) in [5.74, 6) is 5.60. The Balaban J connectivity index is 1.80. The number of fused-ring (bicyclic) bond motifs is 2. The molecular formula is C20H33NS. The summed E-state index contributed by atoms with van der Waals surface area (Å²) >= 11 is 5.71. The molecule has 3 aliphatic heterocycles. The van der Waals surface area contributed by atoms with E-state index in [2.05, 4.69) is 31.6 Å². The Morgan fingerprint density at radius 2 is 2.05 bits per heavy atom. The molecule has 0 aromatic rings. The molecule has 2 bridgehead atoms. The lowest BCUT2D eigenvalue weighted by molar-refractivity contribution is 0.0127. The van der Waals surface area contributed by atoms with Crippen molar-refractivity contribution in [2.24, 2.45) is 23.2 Å². The van der Waals surface area contributed by atoms with Crippen molar-refractivity contribution in [1.82, 2.24) is 4.90 Å². The van der Waals surface area contributed by atoms with Crippen molar-refractivity contribution in [2.45, 2.75) is 65.7 Å². The maximum Gasteiger partial charge on any atom is 0.0317 e. The minimum atomic E-state index is 0.0746. The summed E-state index contributed by atoms with van der Waals surface area (Å²) in [6.45, 7) is 10.8. The van der Waals surface area contributed by atoms with Crippen LogP contribution in [0.15, 0.2) is 0 Å². The van der Waals surface area contributed by atoms with Crippen LogP contribution in [0.25, 0.3) is 0 Å². The predicted octanol–water partition coefficient (Wildman–Crippen LogP) is 4.94. The van der Waals surface area contributed by atoms with Crippen molar-refractivity contribution in [3.05, 3.63) is 0 Å². The Kier molecular flexibility index (Phi) is 6.47. The lowest BCUT2D eigenvalue weighted by Gasteiger charge is -2.48. The van der Waals surface area contributed by atoms with Crippen molar-refractivity contribution >= 4 is 17.1 Å². The molecular weight excluding hydrogens is 286 g/mol. The number of terminal acetylenes is 1. The van der Waals surface area contributed by atoms with Crippen LogP contribution < -0.4 is 0 Å². The summed E-state index contributed by atoms with van der Waals surface area (Å²) in [7, 11) is 0. The van der Waals surface area contributed by atoms with Gasteiger partial charge in [0.2, 0.25) is 0 Å². The van der Waals surface area contributed by atoms with E-state index in [9.17, 15) is 0 Å². The summed E-state index contributed by atoms with van der Waals surface area (Å²) in [6.07, 6.45) is 14.1. The second-order valence-electron chi connectivity index (χ2n) is 8.20. The summed E-state index contributed by atoms with van der Waals surface area (Å²) in [6, 6.07) is 0. The highest BCUT2D eigenvalue weighted by molar-refractivity contribution is 7.80. The van der Waals surface area contributed by atoms with Crippen LogP contribution in [0.5, 0.6) is 0 Å². The summed E-state index contributed by atoms with van der Waals surface area (Å²) in [5.41, 5.74) is 0.0746. The smallest absolute Gasteiger partial charge is 0.0317 e. The highest BCUT2D eigenvalue weighted by Gasteiger charge is 2.36. The molecule has 0 amide bonds. The van der Waals surface area contributed by atoms with Gasteiger partial charge in [-0.15, -0.1) is 6.42 Å². The molecule has 3 heterocycles. The molecule has 2 atom stereocenters.